The van der Waals surface area contributed by atoms with Gasteiger partial charge in [-0.1, -0.05) is 48.0 Å². The van der Waals surface area contributed by atoms with Gasteiger partial charge < -0.3 is 19.9 Å². The number of halogens is 1. The van der Waals surface area contributed by atoms with Crippen molar-refractivity contribution in [2.45, 2.75) is 31.0 Å². The van der Waals surface area contributed by atoms with Crippen molar-refractivity contribution < 1.29 is 14.6 Å². The third-order valence-corrected chi connectivity index (χ3v) is 6.35. The monoisotopic (exact) mass is 440 g/mol. The number of aliphatic hydroxyl groups is 1. The molecule has 1 fully saturated rings. The van der Waals surface area contributed by atoms with Gasteiger partial charge in [0.15, 0.2) is 0 Å². The van der Waals surface area contributed by atoms with Crippen LogP contribution in [0.2, 0.25) is 5.02 Å². The molecule has 1 unspecified atom stereocenters. The topological polar surface area (TPSA) is 63.6 Å². The fourth-order valence-corrected chi connectivity index (χ4v) is 4.73. The molecule has 1 saturated heterocycles. The molecule has 164 valence electrons. The molecule has 1 aliphatic heterocycles. The van der Waals surface area contributed by atoms with Crippen LogP contribution in [0.5, 0.6) is 0 Å². The molecule has 1 aromatic heterocycles. The smallest absolute Gasteiger partial charge is 0.118 e. The molecule has 1 aliphatic rings. The van der Waals surface area contributed by atoms with E-state index < -0.39 is 5.60 Å². The molecule has 0 amide bonds. The molecule has 2 N–H and O–H groups in total. The Morgan fingerprint density at radius 2 is 2.06 bits per heavy atom. The standard InChI is InChI=1S/C25H29ClN2O3/c1-30-13-5-4-11-25(29,23-17-27-12-14-31-23)21-9-6-10-22(26)24(21)20-16-28-15-18-7-2-3-8-19(18)20/h2-3,6-10,15-16,23,27,29H,4-5,11-14,17H2,1H3/t23-,25?/m1/s1. The molecule has 2 atom stereocenters. The first-order valence-corrected chi connectivity index (χ1v) is 11.2. The number of unbranched alkanes of at least 4 members (excludes halogenated alkanes) is 1. The van der Waals surface area contributed by atoms with Crippen LogP contribution in [0.4, 0.5) is 0 Å². The minimum atomic E-state index is -1.20. The van der Waals surface area contributed by atoms with Crippen LogP contribution in [0.25, 0.3) is 21.9 Å². The quantitative estimate of drug-likeness (QED) is 0.503. The number of methoxy groups -OCH3 is 1. The fourth-order valence-electron chi connectivity index (χ4n) is 4.46. The number of hydrogen-bond donors (Lipinski definition) is 2. The van der Waals surface area contributed by atoms with Gasteiger partial charge in [-0.25, -0.2) is 0 Å². The van der Waals surface area contributed by atoms with E-state index >= 15 is 0 Å². The number of nitrogens with zero attached hydrogens (tertiary/aromatic N) is 1. The SMILES string of the molecule is COCCCCC(O)(c1cccc(Cl)c1-c1cncc2ccccc12)[C@H]1CNCCO1. The van der Waals surface area contributed by atoms with Gasteiger partial charge in [0.2, 0.25) is 0 Å². The van der Waals surface area contributed by atoms with Crippen molar-refractivity contribution in [3.05, 3.63) is 65.4 Å². The Morgan fingerprint density at radius 3 is 2.87 bits per heavy atom. The number of nitrogens with one attached hydrogen (secondary N) is 1. The molecule has 0 bridgehead atoms. The highest BCUT2D eigenvalue weighted by Gasteiger charge is 2.42. The summed E-state index contributed by atoms with van der Waals surface area (Å²) in [5.41, 5.74) is 1.32. The van der Waals surface area contributed by atoms with Crippen LogP contribution < -0.4 is 5.32 Å². The summed E-state index contributed by atoms with van der Waals surface area (Å²) < 4.78 is 11.3. The first-order chi connectivity index (χ1) is 15.1. The van der Waals surface area contributed by atoms with E-state index in [1.165, 1.54) is 0 Å². The summed E-state index contributed by atoms with van der Waals surface area (Å²) >= 11 is 6.78. The zero-order valence-corrected chi connectivity index (χ0v) is 18.6. The van der Waals surface area contributed by atoms with E-state index in [0.29, 0.717) is 31.2 Å². The Kier molecular flexibility index (Phi) is 7.20. The summed E-state index contributed by atoms with van der Waals surface area (Å²) in [4.78, 5) is 4.45. The Balaban J connectivity index is 1.85. The van der Waals surface area contributed by atoms with Crippen LogP contribution in [0.15, 0.2) is 54.9 Å². The molecule has 2 aromatic carbocycles. The number of fused-ring (bicyclic) bond motifs is 1. The third kappa shape index (κ3) is 4.61. The van der Waals surface area contributed by atoms with Gasteiger partial charge in [0.05, 0.1) is 6.61 Å². The van der Waals surface area contributed by atoms with Gasteiger partial charge in [-0.05, 0) is 36.3 Å². The van der Waals surface area contributed by atoms with E-state index in [4.69, 9.17) is 21.1 Å². The predicted molar refractivity (Wildman–Crippen MR) is 124 cm³/mol. The van der Waals surface area contributed by atoms with E-state index in [-0.39, 0.29) is 6.10 Å². The molecule has 6 heteroatoms. The van der Waals surface area contributed by atoms with Crippen LogP contribution in [0.3, 0.4) is 0 Å². The maximum Gasteiger partial charge on any atom is 0.118 e. The van der Waals surface area contributed by atoms with E-state index in [2.05, 4.69) is 16.4 Å². The average molecular weight is 441 g/mol. The van der Waals surface area contributed by atoms with Gasteiger partial charge in [-0.15, -0.1) is 0 Å². The lowest BCUT2D eigenvalue weighted by Crippen LogP contribution is -2.51. The second kappa shape index (κ2) is 10.1. The lowest BCUT2D eigenvalue weighted by molar-refractivity contribution is -0.129. The van der Waals surface area contributed by atoms with E-state index in [1.54, 1.807) is 7.11 Å². The van der Waals surface area contributed by atoms with E-state index in [9.17, 15) is 5.11 Å². The maximum atomic E-state index is 12.2. The van der Waals surface area contributed by atoms with Crippen LogP contribution in [0, 0.1) is 0 Å². The zero-order valence-electron chi connectivity index (χ0n) is 17.8. The van der Waals surface area contributed by atoms with Crippen molar-refractivity contribution in [1.82, 2.24) is 10.3 Å². The lowest BCUT2D eigenvalue weighted by Gasteiger charge is -2.40. The number of rotatable bonds is 8. The molecule has 0 aliphatic carbocycles. The highest BCUT2D eigenvalue weighted by molar-refractivity contribution is 6.34. The zero-order chi connectivity index (χ0) is 21.7. The van der Waals surface area contributed by atoms with Gasteiger partial charge in [-0.3, -0.25) is 4.98 Å². The Morgan fingerprint density at radius 1 is 1.19 bits per heavy atom. The minimum absolute atomic E-state index is 0.371. The van der Waals surface area contributed by atoms with Crippen molar-refractivity contribution in [2.75, 3.05) is 33.4 Å². The molecule has 31 heavy (non-hydrogen) atoms. The first-order valence-electron chi connectivity index (χ1n) is 10.8. The summed E-state index contributed by atoms with van der Waals surface area (Å²) in [5.74, 6) is 0. The van der Waals surface area contributed by atoms with Crippen molar-refractivity contribution in [2.24, 2.45) is 0 Å². The average Bonchev–Trinajstić information content (AvgIpc) is 2.82. The van der Waals surface area contributed by atoms with Crippen LogP contribution in [0.1, 0.15) is 24.8 Å². The molecule has 3 aromatic rings. The molecule has 0 radical (unpaired) electrons. The number of benzene rings is 2. The number of aromatic nitrogens is 1. The summed E-state index contributed by atoms with van der Waals surface area (Å²) in [7, 11) is 1.70. The molecule has 0 saturated carbocycles. The van der Waals surface area contributed by atoms with Gasteiger partial charge >= 0.3 is 0 Å². The number of morpholine rings is 1. The van der Waals surface area contributed by atoms with Gasteiger partial charge in [0, 0.05) is 60.7 Å². The molecule has 2 heterocycles. The highest BCUT2D eigenvalue weighted by Crippen LogP contribution is 2.43. The second-order valence-corrected chi connectivity index (χ2v) is 8.42. The number of pyridine rings is 1. The molecule has 0 spiro atoms. The predicted octanol–water partition coefficient (Wildman–Crippen LogP) is 4.55. The Hall–Kier alpha value is -2.02. The van der Waals surface area contributed by atoms with Crippen molar-refractivity contribution in [1.29, 1.82) is 0 Å². The Labute approximate surface area is 188 Å². The van der Waals surface area contributed by atoms with Gasteiger partial charge in [0.25, 0.3) is 0 Å². The maximum absolute atomic E-state index is 12.2. The second-order valence-electron chi connectivity index (χ2n) is 8.01. The normalized spacial score (nSPS) is 18.7. The molecule has 5 nitrogen and oxygen atoms in total. The third-order valence-electron chi connectivity index (χ3n) is 6.03. The molecular formula is C25H29ClN2O3. The largest absolute Gasteiger partial charge is 0.385 e. The molecule has 4 rings (SSSR count). The lowest BCUT2D eigenvalue weighted by atomic mass is 9.79. The summed E-state index contributed by atoms with van der Waals surface area (Å²) in [5, 5.41) is 18.2. The highest BCUT2D eigenvalue weighted by atomic mass is 35.5. The summed E-state index contributed by atoms with van der Waals surface area (Å²) in [6.07, 6.45) is 5.53. The van der Waals surface area contributed by atoms with Crippen molar-refractivity contribution in [3.63, 3.8) is 0 Å². The van der Waals surface area contributed by atoms with Gasteiger partial charge in [0.1, 0.15) is 11.7 Å². The summed E-state index contributed by atoms with van der Waals surface area (Å²) in [6, 6.07) is 13.8. The van der Waals surface area contributed by atoms with Crippen LogP contribution in [-0.2, 0) is 15.1 Å². The van der Waals surface area contributed by atoms with Crippen LogP contribution in [-0.4, -0.2) is 49.6 Å². The van der Waals surface area contributed by atoms with Crippen molar-refractivity contribution >= 4 is 22.4 Å². The minimum Gasteiger partial charge on any atom is -0.385 e. The van der Waals surface area contributed by atoms with Crippen molar-refractivity contribution in [3.8, 4) is 11.1 Å². The van der Waals surface area contributed by atoms with Gasteiger partial charge in [-0.2, -0.15) is 0 Å². The Bertz CT molecular complexity index is 1020. The summed E-state index contributed by atoms with van der Waals surface area (Å²) in [6.45, 7) is 2.60. The van der Waals surface area contributed by atoms with Crippen LogP contribution >= 0.6 is 11.6 Å². The van der Waals surface area contributed by atoms with E-state index in [1.807, 2.05) is 48.8 Å². The number of hydrogen-bond acceptors (Lipinski definition) is 5. The number of ether oxygens (including phenoxy) is 2. The van der Waals surface area contributed by atoms with E-state index in [0.717, 1.165) is 46.8 Å². The first kappa shape index (κ1) is 22.2. The fraction of sp³-hybridized carbons (Fsp3) is 0.400. The molecular weight excluding hydrogens is 412 g/mol.